The van der Waals surface area contributed by atoms with E-state index in [1.807, 2.05) is 42.5 Å². The third-order valence-corrected chi connectivity index (χ3v) is 4.10. The Balaban J connectivity index is 1.84. The normalized spacial score (nSPS) is 11.0. The second-order valence-electron chi connectivity index (χ2n) is 5.64. The molecule has 0 saturated carbocycles. The molecule has 0 aliphatic rings. The molecule has 4 aromatic rings. The molecule has 0 aliphatic carbocycles. The largest absolute Gasteiger partial charge is 0.496 e. The Labute approximate surface area is 143 Å². The molecule has 5 nitrogen and oxygen atoms in total. The van der Waals surface area contributed by atoms with Crippen molar-refractivity contribution in [2.45, 2.75) is 6.92 Å². The molecule has 124 valence electrons. The monoisotopic (exact) mass is 333 g/mol. The van der Waals surface area contributed by atoms with Gasteiger partial charge in [-0.15, -0.1) is 0 Å². The van der Waals surface area contributed by atoms with Crippen molar-refractivity contribution < 1.29 is 18.5 Å². The second kappa shape index (κ2) is 5.94. The number of hydrogen-bond acceptors (Lipinski definition) is 5. The minimum atomic E-state index is -0.268. The van der Waals surface area contributed by atoms with Crippen molar-refractivity contribution in [2.75, 3.05) is 7.11 Å². The van der Waals surface area contributed by atoms with E-state index in [4.69, 9.17) is 13.7 Å². The quantitative estimate of drug-likeness (QED) is 0.509. The molecule has 0 N–H and O–H groups in total. The lowest BCUT2D eigenvalue weighted by Gasteiger charge is -2.00. The van der Waals surface area contributed by atoms with E-state index in [2.05, 4.69) is 5.16 Å². The predicted octanol–water partition coefficient (Wildman–Crippen LogP) is 4.64. The van der Waals surface area contributed by atoms with E-state index >= 15 is 0 Å². The zero-order chi connectivity index (χ0) is 17.4. The fraction of sp³-hybridized carbons (Fsp3) is 0.100. The number of ether oxygens (including phenoxy) is 1. The Bertz CT molecular complexity index is 1060. The van der Waals surface area contributed by atoms with Crippen LogP contribution in [0.2, 0.25) is 0 Å². The summed E-state index contributed by atoms with van der Waals surface area (Å²) < 4.78 is 16.3. The van der Waals surface area contributed by atoms with Crippen molar-refractivity contribution in [1.29, 1.82) is 0 Å². The number of methoxy groups -OCH3 is 1. The van der Waals surface area contributed by atoms with Crippen LogP contribution in [0.15, 0.2) is 63.5 Å². The number of furan rings is 1. The number of benzene rings is 2. The average molecular weight is 333 g/mol. The molecule has 0 atom stereocenters. The number of nitrogens with zero attached hydrogens (tertiary/aromatic N) is 1. The van der Waals surface area contributed by atoms with Crippen LogP contribution >= 0.6 is 0 Å². The van der Waals surface area contributed by atoms with Gasteiger partial charge in [-0.05, 0) is 25.1 Å². The molecule has 0 fully saturated rings. The predicted molar refractivity (Wildman–Crippen MR) is 92.9 cm³/mol. The van der Waals surface area contributed by atoms with Crippen molar-refractivity contribution in [2.24, 2.45) is 0 Å². The van der Waals surface area contributed by atoms with Crippen LogP contribution in [0.4, 0.5) is 0 Å². The Morgan fingerprint density at radius 1 is 1.08 bits per heavy atom. The lowest BCUT2D eigenvalue weighted by atomic mass is 10.0. The lowest BCUT2D eigenvalue weighted by molar-refractivity contribution is 0.101. The van der Waals surface area contributed by atoms with Crippen molar-refractivity contribution in [3.8, 4) is 17.0 Å². The molecule has 4 rings (SSSR count). The molecule has 0 saturated heterocycles. The van der Waals surface area contributed by atoms with Crippen molar-refractivity contribution >= 4 is 16.8 Å². The Morgan fingerprint density at radius 2 is 1.88 bits per heavy atom. The smallest absolute Gasteiger partial charge is 0.234 e. The van der Waals surface area contributed by atoms with Gasteiger partial charge in [0.15, 0.2) is 5.76 Å². The van der Waals surface area contributed by atoms with Crippen LogP contribution in [0.3, 0.4) is 0 Å². The van der Waals surface area contributed by atoms with Gasteiger partial charge in [-0.3, -0.25) is 4.79 Å². The van der Waals surface area contributed by atoms with Gasteiger partial charge in [-0.2, -0.15) is 0 Å². The molecule has 25 heavy (non-hydrogen) atoms. The Morgan fingerprint density at radius 3 is 2.64 bits per heavy atom. The first-order valence-corrected chi connectivity index (χ1v) is 7.82. The van der Waals surface area contributed by atoms with Gasteiger partial charge in [0, 0.05) is 5.56 Å². The first-order chi connectivity index (χ1) is 12.2. The minimum absolute atomic E-state index is 0.225. The maximum atomic E-state index is 13.1. The average Bonchev–Trinajstić information content (AvgIpc) is 3.25. The highest BCUT2D eigenvalue weighted by molar-refractivity contribution is 6.13. The van der Waals surface area contributed by atoms with Crippen LogP contribution in [-0.2, 0) is 0 Å². The van der Waals surface area contributed by atoms with E-state index in [9.17, 15) is 4.79 Å². The molecule has 0 amide bonds. The van der Waals surface area contributed by atoms with Crippen LogP contribution < -0.4 is 4.74 Å². The highest BCUT2D eigenvalue weighted by Crippen LogP contribution is 2.32. The molecular formula is C20H15NO4. The van der Waals surface area contributed by atoms with Gasteiger partial charge in [0.1, 0.15) is 22.8 Å². The summed E-state index contributed by atoms with van der Waals surface area (Å²) in [6.07, 6.45) is 0. The van der Waals surface area contributed by atoms with Crippen molar-refractivity contribution in [3.63, 3.8) is 0 Å². The summed E-state index contributed by atoms with van der Waals surface area (Å²) in [5, 5.41) is 4.81. The number of aryl methyl sites for hydroxylation is 1. The van der Waals surface area contributed by atoms with Crippen LogP contribution in [0, 0.1) is 6.92 Å². The highest BCUT2D eigenvalue weighted by Gasteiger charge is 2.25. The fourth-order valence-corrected chi connectivity index (χ4v) is 2.88. The third kappa shape index (κ3) is 2.50. The first kappa shape index (κ1) is 15.2. The molecule has 0 aliphatic heterocycles. The standard InChI is InChI=1S/C20H15NO4/c1-12-18(19(21-25-12)13-7-4-3-5-8-13)20(22)17-11-14-15(23-2)9-6-10-16(14)24-17/h3-11H,1-2H3. The highest BCUT2D eigenvalue weighted by atomic mass is 16.5. The minimum Gasteiger partial charge on any atom is -0.496 e. The summed E-state index contributed by atoms with van der Waals surface area (Å²) >= 11 is 0. The van der Waals surface area contributed by atoms with Crippen LogP contribution in [0.25, 0.3) is 22.2 Å². The topological polar surface area (TPSA) is 65.5 Å². The molecular weight excluding hydrogens is 318 g/mol. The Kier molecular flexibility index (Phi) is 3.61. The van der Waals surface area contributed by atoms with Gasteiger partial charge in [0.2, 0.25) is 5.78 Å². The van der Waals surface area contributed by atoms with E-state index in [1.165, 1.54) is 0 Å². The van der Waals surface area contributed by atoms with Gasteiger partial charge >= 0.3 is 0 Å². The number of carbonyl (C=O) groups excluding carboxylic acids is 1. The lowest BCUT2D eigenvalue weighted by Crippen LogP contribution is -2.02. The number of ketones is 1. The Hall–Kier alpha value is -3.34. The van der Waals surface area contributed by atoms with Gasteiger partial charge in [-0.25, -0.2) is 0 Å². The third-order valence-electron chi connectivity index (χ3n) is 4.10. The number of rotatable bonds is 4. The molecule has 2 aromatic carbocycles. The van der Waals surface area contributed by atoms with Gasteiger partial charge in [0.25, 0.3) is 0 Å². The zero-order valence-electron chi connectivity index (χ0n) is 13.8. The van der Waals surface area contributed by atoms with Crippen LogP contribution in [0.1, 0.15) is 21.9 Å². The summed E-state index contributed by atoms with van der Waals surface area (Å²) in [5.41, 5.74) is 2.33. The summed E-state index contributed by atoms with van der Waals surface area (Å²) in [7, 11) is 1.58. The number of carbonyl (C=O) groups is 1. The number of hydrogen-bond donors (Lipinski definition) is 0. The molecule has 0 unspecified atom stereocenters. The zero-order valence-corrected chi connectivity index (χ0v) is 13.8. The molecule has 5 heteroatoms. The van der Waals surface area contributed by atoms with Crippen molar-refractivity contribution in [3.05, 3.63) is 71.7 Å². The molecule has 0 bridgehead atoms. The number of fused-ring (bicyclic) bond motifs is 1. The first-order valence-electron chi connectivity index (χ1n) is 7.82. The van der Waals surface area contributed by atoms with E-state index < -0.39 is 0 Å². The summed E-state index contributed by atoms with van der Waals surface area (Å²) in [6, 6.07) is 16.6. The van der Waals surface area contributed by atoms with E-state index in [1.54, 1.807) is 26.2 Å². The van der Waals surface area contributed by atoms with Gasteiger partial charge in [-0.1, -0.05) is 41.6 Å². The second-order valence-corrected chi connectivity index (χ2v) is 5.64. The fourth-order valence-electron chi connectivity index (χ4n) is 2.88. The molecule has 0 radical (unpaired) electrons. The summed E-state index contributed by atoms with van der Waals surface area (Å²) in [6.45, 7) is 1.72. The van der Waals surface area contributed by atoms with Crippen LogP contribution in [0.5, 0.6) is 5.75 Å². The molecule has 0 spiro atoms. The summed E-state index contributed by atoms with van der Waals surface area (Å²) in [5.74, 6) is 1.07. The van der Waals surface area contributed by atoms with E-state index in [-0.39, 0.29) is 11.5 Å². The summed E-state index contributed by atoms with van der Waals surface area (Å²) in [4.78, 5) is 13.1. The molecule has 2 heterocycles. The SMILES string of the molecule is COc1cccc2oc(C(=O)c3c(-c4ccccc4)noc3C)cc12. The maximum Gasteiger partial charge on any atom is 0.234 e. The van der Waals surface area contributed by atoms with Gasteiger partial charge in [0.05, 0.1) is 18.1 Å². The van der Waals surface area contributed by atoms with E-state index in [0.717, 1.165) is 10.9 Å². The number of aromatic nitrogens is 1. The van der Waals surface area contributed by atoms with E-state index in [0.29, 0.717) is 28.4 Å². The van der Waals surface area contributed by atoms with Crippen LogP contribution in [-0.4, -0.2) is 18.0 Å². The molecule has 2 aromatic heterocycles. The van der Waals surface area contributed by atoms with Gasteiger partial charge < -0.3 is 13.7 Å². The maximum absolute atomic E-state index is 13.1. The van der Waals surface area contributed by atoms with Crippen molar-refractivity contribution in [1.82, 2.24) is 5.16 Å².